The Balaban J connectivity index is 2.65. The molecular weight excluding hydrogens is 304 g/mol. The number of rotatable bonds is 6. The molecule has 20 heavy (non-hydrogen) atoms. The lowest BCUT2D eigenvalue weighted by atomic mass is 10.2. The topological polar surface area (TPSA) is 101 Å². The molecule has 0 atom stereocenters. The summed E-state index contributed by atoms with van der Waals surface area (Å²) in [7, 11) is -5.39. The second kappa shape index (κ2) is 6.86. The Labute approximate surface area is 120 Å². The predicted octanol–water partition coefficient (Wildman–Crippen LogP) is -0.649. The maximum Gasteiger partial charge on any atom is 0.234 e. The van der Waals surface area contributed by atoms with Gasteiger partial charge in [-0.05, 0) is 19.3 Å². The second-order valence-electron chi connectivity index (χ2n) is 4.89. The van der Waals surface area contributed by atoms with Crippen molar-refractivity contribution in [3.05, 3.63) is 0 Å². The third kappa shape index (κ3) is 4.42. The normalized spacial score (nSPS) is 18.9. The van der Waals surface area contributed by atoms with Gasteiger partial charge in [0.15, 0.2) is 9.84 Å². The summed E-state index contributed by atoms with van der Waals surface area (Å²) in [6.07, 6.45) is 1.04. The van der Waals surface area contributed by atoms with Crippen molar-refractivity contribution in [2.24, 2.45) is 0 Å². The average molecular weight is 326 g/mol. The number of nitrogens with one attached hydrogen (secondary N) is 1. The van der Waals surface area contributed by atoms with Crippen molar-refractivity contribution in [1.29, 1.82) is 0 Å². The molecule has 0 aromatic heterocycles. The van der Waals surface area contributed by atoms with E-state index in [1.54, 1.807) is 6.92 Å². The fourth-order valence-electron chi connectivity index (χ4n) is 2.23. The predicted molar refractivity (Wildman–Crippen MR) is 76.5 cm³/mol. The Bertz CT molecular complexity index is 533. The van der Waals surface area contributed by atoms with E-state index >= 15 is 0 Å². The fraction of sp³-hybridized carbons (Fsp3) is 0.909. The molecule has 0 bridgehead atoms. The number of sulfonamides is 1. The van der Waals surface area contributed by atoms with Crippen LogP contribution in [0.4, 0.5) is 0 Å². The largest absolute Gasteiger partial charge is 0.358 e. The summed E-state index contributed by atoms with van der Waals surface area (Å²) in [6, 6.07) is 0. The molecule has 0 aliphatic carbocycles. The molecule has 9 heteroatoms. The van der Waals surface area contributed by atoms with Crippen molar-refractivity contribution in [2.75, 3.05) is 31.6 Å². The number of hydrogen-bond acceptors (Lipinski definition) is 5. The number of piperidine rings is 1. The molecule has 1 N–H and O–H groups in total. The van der Waals surface area contributed by atoms with E-state index in [4.69, 9.17) is 0 Å². The van der Waals surface area contributed by atoms with Crippen LogP contribution in [0.3, 0.4) is 0 Å². The zero-order chi connectivity index (χ0) is 15.4. The van der Waals surface area contributed by atoms with Gasteiger partial charge in [-0.15, -0.1) is 0 Å². The molecule has 0 aromatic rings. The second-order valence-corrected chi connectivity index (χ2v) is 9.26. The number of hydrogen-bond donors (Lipinski definition) is 1. The molecule has 0 saturated carbocycles. The minimum absolute atomic E-state index is 0.0860. The van der Waals surface area contributed by atoms with Crippen molar-refractivity contribution < 1.29 is 21.6 Å². The summed E-state index contributed by atoms with van der Waals surface area (Å²) in [4.78, 5) is 11.2. The minimum Gasteiger partial charge on any atom is -0.358 e. The molecule has 1 aliphatic heterocycles. The monoisotopic (exact) mass is 326 g/mol. The molecule has 0 spiro atoms. The van der Waals surface area contributed by atoms with E-state index in [1.807, 2.05) is 0 Å². The molecule has 118 valence electrons. The molecule has 1 heterocycles. The van der Waals surface area contributed by atoms with Crippen LogP contribution in [0.25, 0.3) is 0 Å². The van der Waals surface area contributed by atoms with Crippen LogP contribution < -0.4 is 5.32 Å². The van der Waals surface area contributed by atoms with E-state index in [2.05, 4.69) is 5.32 Å². The zero-order valence-electron chi connectivity index (χ0n) is 11.8. The molecule has 0 aromatic carbocycles. The van der Waals surface area contributed by atoms with Gasteiger partial charge < -0.3 is 5.32 Å². The smallest absolute Gasteiger partial charge is 0.234 e. The van der Waals surface area contributed by atoms with Gasteiger partial charge in [-0.25, -0.2) is 21.1 Å². The molecule has 1 amide bonds. The van der Waals surface area contributed by atoms with Crippen LogP contribution in [0.1, 0.15) is 26.2 Å². The number of amides is 1. The quantitative estimate of drug-likeness (QED) is 0.699. The molecule has 1 saturated heterocycles. The third-order valence-electron chi connectivity index (χ3n) is 3.38. The van der Waals surface area contributed by atoms with Crippen molar-refractivity contribution in [3.8, 4) is 0 Å². The highest BCUT2D eigenvalue weighted by Crippen LogP contribution is 2.21. The maximum atomic E-state index is 12.0. The van der Waals surface area contributed by atoms with E-state index in [-0.39, 0.29) is 31.7 Å². The van der Waals surface area contributed by atoms with Gasteiger partial charge in [0.25, 0.3) is 0 Å². The fourth-order valence-corrected chi connectivity index (χ4v) is 5.45. The summed E-state index contributed by atoms with van der Waals surface area (Å²) in [6.45, 7) is 2.21. The van der Waals surface area contributed by atoms with Crippen LogP contribution in [-0.4, -0.2) is 63.9 Å². The van der Waals surface area contributed by atoms with E-state index in [0.29, 0.717) is 6.42 Å². The lowest BCUT2D eigenvalue weighted by molar-refractivity contribution is -0.118. The summed E-state index contributed by atoms with van der Waals surface area (Å²) in [5, 5.41) is 1.65. The van der Waals surface area contributed by atoms with Crippen LogP contribution in [0.5, 0.6) is 0 Å². The van der Waals surface area contributed by atoms with Crippen molar-refractivity contribution >= 4 is 25.8 Å². The summed E-state index contributed by atoms with van der Waals surface area (Å²) in [5.41, 5.74) is 0. The first-order valence-electron chi connectivity index (χ1n) is 6.63. The van der Waals surface area contributed by atoms with Crippen LogP contribution >= 0.6 is 0 Å². The van der Waals surface area contributed by atoms with Crippen molar-refractivity contribution in [1.82, 2.24) is 9.62 Å². The van der Waals surface area contributed by atoms with Gasteiger partial charge in [-0.2, -0.15) is 0 Å². The lowest BCUT2D eigenvalue weighted by Gasteiger charge is -2.30. The van der Waals surface area contributed by atoms with Crippen LogP contribution in [0.2, 0.25) is 0 Å². The Morgan fingerprint density at radius 2 is 1.75 bits per heavy atom. The Morgan fingerprint density at radius 3 is 2.20 bits per heavy atom. The number of nitrogens with zero attached hydrogens (tertiary/aromatic N) is 1. The minimum atomic E-state index is -3.51. The molecule has 1 rings (SSSR count). The van der Waals surface area contributed by atoms with Crippen molar-refractivity contribution in [3.63, 3.8) is 0 Å². The maximum absolute atomic E-state index is 12.0. The lowest BCUT2D eigenvalue weighted by Crippen LogP contribution is -2.44. The SMILES string of the molecule is CCCS(=O)(=O)N1CCC(S(=O)(=O)CC(=O)NC)CC1. The van der Waals surface area contributed by atoms with Gasteiger partial charge in [0.2, 0.25) is 15.9 Å². The number of sulfone groups is 1. The highest BCUT2D eigenvalue weighted by molar-refractivity contribution is 7.92. The third-order valence-corrected chi connectivity index (χ3v) is 7.60. The molecular formula is C11H22N2O5S2. The van der Waals surface area contributed by atoms with E-state index in [0.717, 1.165) is 0 Å². The Morgan fingerprint density at radius 1 is 1.20 bits per heavy atom. The summed E-state index contributed by atoms with van der Waals surface area (Å²) in [5.74, 6) is -0.982. The standard InChI is InChI=1S/C11H22N2O5S2/c1-3-8-20(17,18)13-6-4-10(5-7-13)19(15,16)9-11(14)12-2/h10H,3-9H2,1-2H3,(H,12,14). The first-order chi connectivity index (χ1) is 9.23. The van der Waals surface area contributed by atoms with Gasteiger partial charge in [0.05, 0.1) is 11.0 Å². The van der Waals surface area contributed by atoms with E-state index in [1.165, 1.54) is 11.4 Å². The zero-order valence-corrected chi connectivity index (χ0v) is 13.5. The van der Waals surface area contributed by atoms with Crippen LogP contribution in [0, 0.1) is 0 Å². The molecule has 0 radical (unpaired) electrons. The highest BCUT2D eigenvalue weighted by atomic mass is 32.2. The average Bonchev–Trinajstić information content (AvgIpc) is 2.38. The number of carbonyl (C=O) groups is 1. The first kappa shape index (κ1) is 17.4. The van der Waals surface area contributed by atoms with Gasteiger partial charge in [0, 0.05) is 20.1 Å². The van der Waals surface area contributed by atoms with Gasteiger partial charge >= 0.3 is 0 Å². The van der Waals surface area contributed by atoms with Gasteiger partial charge in [-0.3, -0.25) is 4.79 Å². The van der Waals surface area contributed by atoms with Crippen LogP contribution in [-0.2, 0) is 24.7 Å². The molecule has 1 aliphatic rings. The van der Waals surface area contributed by atoms with Gasteiger partial charge in [0.1, 0.15) is 5.75 Å². The first-order valence-corrected chi connectivity index (χ1v) is 9.95. The summed E-state index contributed by atoms with van der Waals surface area (Å²) >= 11 is 0. The molecule has 1 fully saturated rings. The highest BCUT2D eigenvalue weighted by Gasteiger charge is 2.34. The molecule has 0 unspecified atom stereocenters. The van der Waals surface area contributed by atoms with Crippen LogP contribution in [0.15, 0.2) is 0 Å². The summed E-state index contributed by atoms with van der Waals surface area (Å²) < 4.78 is 49.1. The van der Waals surface area contributed by atoms with Gasteiger partial charge in [-0.1, -0.05) is 6.92 Å². The number of carbonyl (C=O) groups excluding carboxylic acids is 1. The Hall–Kier alpha value is -0.670. The van der Waals surface area contributed by atoms with E-state index < -0.39 is 36.8 Å². The van der Waals surface area contributed by atoms with Crippen molar-refractivity contribution in [2.45, 2.75) is 31.4 Å². The Kier molecular flexibility index (Phi) is 5.96. The van der Waals surface area contributed by atoms with E-state index in [9.17, 15) is 21.6 Å². The molecule has 7 nitrogen and oxygen atoms in total.